The van der Waals surface area contributed by atoms with Gasteiger partial charge in [-0.25, -0.2) is 8.42 Å². The zero-order valence-electron chi connectivity index (χ0n) is 9.62. The molecule has 0 bridgehead atoms. The number of methoxy groups -OCH3 is 1. The summed E-state index contributed by atoms with van der Waals surface area (Å²) < 4.78 is 28.7. The molecular formula is C9H15NO6S. The van der Waals surface area contributed by atoms with Gasteiger partial charge in [-0.15, -0.1) is 6.58 Å². The van der Waals surface area contributed by atoms with E-state index in [2.05, 4.69) is 11.3 Å². The molecule has 0 spiro atoms. The van der Waals surface area contributed by atoms with Crippen LogP contribution >= 0.6 is 0 Å². The number of carbonyl (C=O) groups excluding carboxylic acids is 1. The van der Waals surface area contributed by atoms with Crippen molar-refractivity contribution in [3.05, 3.63) is 12.7 Å². The van der Waals surface area contributed by atoms with Crippen molar-refractivity contribution in [2.45, 2.75) is 12.2 Å². The molecule has 0 saturated carbocycles. The van der Waals surface area contributed by atoms with Gasteiger partial charge in [0.2, 0.25) is 10.0 Å². The Morgan fingerprint density at radius 2 is 2.06 bits per heavy atom. The van der Waals surface area contributed by atoms with Crippen molar-refractivity contribution in [1.82, 2.24) is 4.31 Å². The summed E-state index contributed by atoms with van der Waals surface area (Å²) in [4.78, 5) is 21.7. The molecular weight excluding hydrogens is 250 g/mol. The van der Waals surface area contributed by atoms with Crippen LogP contribution in [-0.4, -0.2) is 55.2 Å². The Morgan fingerprint density at radius 1 is 1.53 bits per heavy atom. The lowest BCUT2D eigenvalue weighted by Crippen LogP contribution is -2.44. The number of carbonyl (C=O) groups is 2. The fraction of sp³-hybridized carbons (Fsp3) is 0.556. The van der Waals surface area contributed by atoms with Gasteiger partial charge in [-0.2, -0.15) is 4.31 Å². The minimum absolute atomic E-state index is 0.185. The highest BCUT2D eigenvalue weighted by atomic mass is 32.2. The highest BCUT2D eigenvalue weighted by Gasteiger charge is 2.35. The monoisotopic (exact) mass is 265 g/mol. The third kappa shape index (κ3) is 4.16. The second kappa shape index (κ2) is 6.36. The number of aliphatic carboxylic acids is 1. The Morgan fingerprint density at radius 3 is 2.41 bits per heavy atom. The van der Waals surface area contributed by atoms with Crippen LogP contribution in [0.3, 0.4) is 0 Å². The minimum atomic E-state index is -4.06. The van der Waals surface area contributed by atoms with Crippen molar-refractivity contribution in [1.29, 1.82) is 0 Å². The lowest BCUT2D eigenvalue weighted by Gasteiger charge is -2.21. The van der Waals surface area contributed by atoms with E-state index < -0.39 is 33.8 Å². The fourth-order valence-corrected chi connectivity index (χ4v) is 2.45. The van der Waals surface area contributed by atoms with E-state index in [1.807, 2.05) is 0 Å². The van der Waals surface area contributed by atoms with E-state index in [9.17, 15) is 18.0 Å². The van der Waals surface area contributed by atoms with Gasteiger partial charge in [0.25, 0.3) is 0 Å². The topological polar surface area (TPSA) is 101 Å². The molecule has 1 atom stereocenters. The van der Waals surface area contributed by atoms with Crippen LogP contribution < -0.4 is 0 Å². The van der Waals surface area contributed by atoms with Gasteiger partial charge in [-0.1, -0.05) is 6.08 Å². The fourth-order valence-electron chi connectivity index (χ4n) is 1.06. The maximum Gasteiger partial charge on any atom is 0.325 e. The first-order valence-corrected chi connectivity index (χ1v) is 6.17. The zero-order chi connectivity index (χ0) is 13.6. The highest BCUT2D eigenvalue weighted by Crippen LogP contribution is 2.10. The van der Waals surface area contributed by atoms with Crippen LogP contribution in [0.4, 0.5) is 0 Å². The number of carboxylic acids is 1. The molecule has 0 aliphatic rings. The van der Waals surface area contributed by atoms with Gasteiger partial charge in [-0.05, 0) is 6.92 Å². The molecule has 98 valence electrons. The summed E-state index contributed by atoms with van der Waals surface area (Å²) in [5, 5.41) is 7.14. The van der Waals surface area contributed by atoms with Crippen LogP contribution in [-0.2, 0) is 24.3 Å². The van der Waals surface area contributed by atoms with Crippen molar-refractivity contribution in [2.75, 3.05) is 20.2 Å². The minimum Gasteiger partial charge on any atom is -0.480 e. The van der Waals surface area contributed by atoms with Gasteiger partial charge < -0.3 is 9.84 Å². The summed E-state index contributed by atoms with van der Waals surface area (Å²) in [7, 11) is -3.00. The molecule has 0 aromatic carbocycles. The number of esters is 1. The van der Waals surface area contributed by atoms with Crippen LogP contribution in [0.15, 0.2) is 12.7 Å². The Hall–Kier alpha value is -1.41. The maximum atomic E-state index is 11.9. The third-order valence-corrected chi connectivity index (χ3v) is 4.07. The molecule has 17 heavy (non-hydrogen) atoms. The van der Waals surface area contributed by atoms with E-state index in [1.165, 1.54) is 6.08 Å². The van der Waals surface area contributed by atoms with Crippen molar-refractivity contribution in [3.8, 4) is 0 Å². The summed E-state index contributed by atoms with van der Waals surface area (Å²) >= 11 is 0. The molecule has 1 N–H and O–H groups in total. The molecule has 0 heterocycles. The molecule has 0 saturated heterocycles. The second-order valence-electron chi connectivity index (χ2n) is 3.19. The predicted octanol–water partition coefficient (Wildman–Crippen LogP) is -0.550. The summed E-state index contributed by atoms with van der Waals surface area (Å²) in [6, 6.07) is 0. The Bertz CT molecular complexity index is 402. The van der Waals surface area contributed by atoms with Crippen LogP contribution in [0.2, 0.25) is 0 Å². The van der Waals surface area contributed by atoms with E-state index in [-0.39, 0.29) is 6.54 Å². The van der Waals surface area contributed by atoms with E-state index >= 15 is 0 Å². The summed E-state index contributed by atoms with van der Waals surface area (Å²) in [6.07, 6.45) is 1.24. The number of carboxylic acid groups (broad SMARTS) is 1. The number of hydrogen-bond acceptors (Lipinski definition) is 5. The summed E-state index contributed by atoms with van der Waals surface area (Å²) in [5.74, 6) is -2.25. The molecule has 0 aromatic rings. The Labute approximate surface area is 99.7 Å². The maximum absolute atomic E-state index is 11.9. The normalized spacial score (nSPS) is 13.1. The molecule has 0 aliphatic carbocycles. The number of sulfonamides is 1. The molecule has 1 unspecified atom stereocenters. The molecule has 8 heteroatoms. The van der Waals surface area contributed by atoms with Gasteiger partial charge in [0.05, 0.1) is 7.11 Å². The molecule has 0 radical (unpaired) electrons. The molecule has 0 amide bonds. The number of nitrogens with zero attached hydrogens (tertiary/aromatic N) is 1. The number of ether oxygens (including phenoxy) is 1. The molecule has 0 aromatic heterocycles. The van der Waals surface area contributed by atoms with Crippen molar-refractivity contribution >= 4 is 22.0 Å². The SMILES string of the molecule is C=CCN(CC(=O)O)S(=O)(=O)C(C)C(=O)OC. The third-order valence-electron chi connectivity index (χ3n) is 1.98. The van der Waals surface area contributed by atoms with Gasteiger partial charge in [0.15, 0.2) is 5.25 Å². The van der Waals surface area contributed by atoms with E-state index in [4.69, 9.17) is 5.11 Å². The Kier molecular flexibility index (Phi) is 5.83. The smallest absolute Gasteiger partial charge is 0.325 e. The lowest BCUT2D eigenvalue weighted by molar-refractivity contribution is -0.140. The van der Waals surface area contributed by atoms with Crippen LogP contribution in [0, 0.1) is 0 Å². The summed E-state index contributed by atoms with van der Waals surface area (Å²) in [5.41, 5.74) is 0. The van der Waals surface area contributed by atoms with Gasteiger partial charge in [0, 0.05) is 6.54 Å². The average Bonchev–Trinajstić information content (AvgIpc) is 2.25. The zero-order valence-corrected chi connectivity index (χ0v) is 10.4. The lowest BCUT2D eigenvalue weighted by atomic mass is 10.5. The van der Waals surface area contributed by atoms with E-state index in [1.54, 1.807) is 0 Å². The van der Waals surface area contributed by atoms with E-state index in [0.29, 0.717) is 4.31 Å². The molecule has 7 nitrogen and oxygen atoms in total. The van der Waals surface area contributed by atoms with Crippen molar-refractivity contribution < 1.29 is 27.9 Å². The number of rotatable bonds is 7. The van der Waals surface area contributed by atoms with Gasteiger partial charge in [-0.3, -0.25) is 9.59 Å². The average molecular weight is 265 g/mol. The molecule has 0 aliphatic heterocycles. The standard InChI is InChI=1S/C9H15NO6S/c1-4-5-10(6-8(11)12)17(14,15)7(2)9(13)16-3/h4,7H,1,5-6H2,2-3H3,(H,11,12). The second-order valence-corrected chi connectivity index (χ2v) is 5.44. The van der Waals surface area contributed by atoms with Gasteiger partial charge in [0.1, 0.15) is 6.54 Å². The van der Waals surface area contributed by atoms with Crippen molar-refractivity contribution in [2.24, 2.45) is 0 Å². The molecule has 0 fully saturated rings. The highest BCUT2D eigenvalue weighted by molar-refractivity contribution is 7.90. The van der Waals surface area contributed by atoms with Crippen LogP contribution in [0.5, 0.6) is 0 Å². The number of hydrogen-bond donors (Lipinski definition) is 1. The summed E-state index contributed by atoms with van der Waals surface area (Å²) in [6.45, 7) is 3.56. The van der Waals surface area contributed by atoms with Crippen molar-refractivity contribution in [3.63, 3.8) is 0 Å². The van der Waals surface area contributed by atoms with Crippen LogP contribution in [0.1, 0.15) is 6.92 Å². The Balaban J connectivity index is 5.13. The van der Waals surface area contributed by atoms with Crippen LogP contribution in [0.25, 0.3) is 0 Å². The molecule has 0 rings (SSSR count). The largest absolute Gasteiger partial charge is 0.480 e. The first-order chi connectivity index (χ1) is 7.77. The van der Waals surface area contributed by atoms with Gasteiger partial charge >= 0.3 is 11.9 Å². The first kappa shape index (κ1) is 15.6. The quantitative estimate of drug-likeness (QED) is 0.489. The van der Waals surface area contributed by atoms with E-state index in [0.717, 1.165) is 14.0 Å². The predicted molar refractivity (Wildman–Crippen MR) is 59.8 cm³/mol. The first-order valence-electron chi connectivity index (χ1n) is 4.66.